The van der Waals surface area contributed by atoms with E-state index in [9.17, 15) is 18.0 Å². The number of pyridine rings is 1. The van der Waals surface area contributed by atoms with Gasteiger partial charge in [-0.05, 0) is 42.8 Å². The second-order valence-electron chi connectivity index (χ2n) is 6.10. The number of nitrogens with one attached hydrogen (secondary N) is 2. The Kier molecular flexibility index (Phi) is 8.77. The zero-order chi connectivity index (χ0) is 21.9. The molecule has 7 nitrogen and oxygen atoms in total. The smallest absolute Gasteiger partial charge is 0.274 e. The van der Waals surface area contributed by atoms with E-state index >= 15 is 0 Å². The summed E-state index contributed by atoms with van der Waals surface area (Å²) in [6.07, 6.45) is -0.709. The molecule has 1 amide bonds. The molecule has 1 saturated heterocycles. The highest BCUT2D eigenvalue weighted by molar-refractivity contribution is 6.02. The topological polar surface area (TPSA) is 99.4 Å². The molecule has 2 heterocycles. The van der Waals surface area contributed by atoms with Crippen LogP contribution in [0.4, 0.5) is 18.9 Å². The van der Waals surface area contributed by atoms with E-state index in [1.807, 2.05) is 6.07 Å². The van der Waals surface area contributed by atoms with E-state index in [-0.39, 0.29) is 11.5 Å². The summed E-state index contributed by atoms with van der Waals surface area (Å²) in [7, 11) is 1.56. The zero-order valence-corrected chi connectivity index (χ0v) is 16.1. The number of carbonyl (C=O) groups excluding carboxylic acids is 1. The Hall–Kier alpha value is -3.45. The van der Waals surface area contributed by atoms with Crippen molar-refractivity contribution in [2.45, 2.75) is 18.9 Å². The van der Waals surface area contributed by atoms with Gasteiger partial charge in [0.05, 0.1) is 11.6 Å². The summed E-state index contributed by atoms with van der Waals surface area (Å²) < 4.78 is 42.2. The van der Waals surface area contributed by atoms with Gasteiger partial charge in [-0.15, -0.1) is 0 Å². The average Bonchev–Trinajstić information content (AvgIpc) is 3.02. The molecule has 0 spiro atoms. The number of nitrogens with zero attached hydrogens (tertiary/aromatic N) is 3. The number of anilines is 1. The van der Waals surface area contributed by atoms with Crippen molar-refractivity contribution in [3.05, 3.63) is 59.7 Å². The Morgan fingerprint density at radius 2 is 2.07 bits per heavy atom. The summed E-state index contributed by atoms with van der Waals surface area (Å²) in [6, 6.07) is 9.48. The normalized spacial score (nSPS) is 17.2. The van der Waals surface area contributed by atoms with Crippen LogP contribution in [0.2, 0.25) is 0 Å². The lowest BCUT2D eigenvalue weighted by molar-refractivity contribution is 0.0904. The summed E-state index contributed by atoms with van der Waals surface area (Å²) in [6.45, 7) is 0.667. The molecular formula is C20H20F3N5O2. The molecule has 1 unspecified atom stereocenters. The van der Waals surface area contributed by atoms with Crippen LogP contribution < -0.4 is 10.6 Å². The first kappa shape index (κ1) is 22.8. The first-order valence-corrected chi connectivity index (χ1v) is 8.94. The fourth-order valence-corrected chi connectivity index (χ4v) is 2.35. The number of aromatic nitrogens is 1. The third-order valence-electron chi connectivity index (χ3n) is 3.97. The third kappa shape index (κ3) is 7.18. The van der Waals surface area contributed by atoms with Crippen molar-refractivity contribution in [3.8, 4) is 6.07 Å². The van der Waals surface area contributed by atoms with Crippen LogP contribution >= 0.6 is 0 Å². The molecule has 0 saturated carbocycles. The molecule has 1 atom stereocenters. The van der Waals surface area contributed by atoms with Gasteiger partial charge in [0.15, 0.2) is 0 Å². The maximum Gasteiger partial charge on any atom is 0.274 e. The van der Waals surface area contributed by atoms with Crippen molar-refractivity contribution in [2.24, 2.45) is 4.99 Å². The fourth-order valence-electron chi connectivity index (χ4n) is 2.35. The SMILES string of the molecule is CN=C1COCCC(C(F)F)N1.N#Cc1ccc(C(=O)Nc2ccc(F)cc2)nc1. The molecular weight excluding hydrogens is 399 g/mol. The number of halogens is 3. The molecule has 1 aliphatic rings. The van der Waals surface area contributed by atoms with Crippen LogP contribution in [-0.4, -0.2) is 49.5 Å². The summed E-state index contributed by atoms with van der Waals surface area (Å²) in [4.78, 5) is 19.4. The Labute approximate surface area is 171 Å². The molecule has 2 N–H and O–H groups in total. The number of amides is 1. The van der Waals surface area contributed by atoms with E-state index in [0.717, 1.165) is 0 Å². The minimum Gasteiger partial charge on any atom is -0.373 e. The first-order valence-electron chi connectivity index (χ1n) is 8.94. The molecule has 1 aliphatic heterocycles. The molecule has 3 rings (SSSR count). The van der Waals surface area contributed by atoms with Crippen molar-refractivity contribution in [1.82, 2.24) is 10.3 Å². The van der Waals surface area contributed by atoms with Crippen LogP contribution in [0.1, 0.15) is 22.5 Å². The van der Waals surface area contributed by atoms with E-state index in [0.29, 0.717) is 36.7 Å². The maximum atomic E-state index is 12.7. The van der Waals surface area contributed by atoms with Crippen molar-refractivity contribution >= 4 is 17.4 Å². The lowest BCUT2D eigenvalue weighted by Gasteiger charge is -2.14. The number of ether oxygens (including phenoxy) is 1. The van der Waals surface area contributed by atoms with Crippen LogP contribution in [0.5, 0.6) is 0 Å². The Morgan fingerprint density at radius 1 is 1.33 bits per heavy atom. The molecule has 0 radical (unpaired) electrons. The standard InChI is InChI=1S/C13H8FN3O.C7H12F2N2O/c14-10-2-4-11(5-3-10)17-13(18)12-6-1-9(7-15)8-16-12;1-10-6-4-12-3-2-5(11-6)7(8)9/h1-6,8H,(H,17,18);5,7H,2-4H2,1H3,(H,10,11). The van der Waals surface area contributed by atoms with Crippen molar-refractivity contribution in [2.75, 3.05) is 25.6 Å². The predicted octanol–water partition coefficient (Wildman–Crippen LogP) is 3.00. The largest absolute Gasteiger partial charge is 0.373 e. The van der Waals surface area contributed by atoms with Gasteiger partial charge in [0, 0.05) is 25.5 Å². The van der Waals surface area contributed by atoms with Gasteiger partial charge in [-0.3, -0.25) is 9.79 Å². The number of alkyl halides is 2. The highest BCUT2D eigenvalue weighted by Gasteiger charge is 2.23. The molecule has 1 fully saturated rings. The first-order chi connectivity index (χ1) is 14.4. The molecule has 0 aliphatic carbocycles. The number of nitriles is 1. The Morgan fingerprint density at radius 3 is 2.63 bits per heavy atom. The maximum absolute atomic E-state index is 12.7. The molecule has 2 aromatic rings. The van der Waals surface area contributed by atoms with Gasteiger partial charge in [-0.2, -0.15) is 5.26 Å². The third-order valence-corrected chi connectivity index (χ3v) is 3.97. The van der Waals surface area contributed by atoms with Gasteiger partial charge in [-0.25, -0.2) is 18.2 Å². The molecule has 0 bridgehead atoms. The lowest BCUT2D eigenvalue weighted by Crippen LogP contribution is -2.39. The second kappa shape index (κ2) is 11.5. The molecule has 1 aromatic heterocycles. The number of benzene rings is 1. The second-order valence-corrected chi connectivity index (χ2v) is 6.10. The number of rotatable bonds is 3. The molecule has 30 heavy (non-hydrogen) atoms. The summed E-state index contributed by atoms with van der Waals surface area (Å²) in [5, 5.41) is 13.8. The van der Waals surface area contributed by atoms with Gasteiger partial charge in [-0.1, -0.05) is 0 Å². The van der Waals surface area contributed by atoms with Gasteiger partial charge in [0.2, 0.25) is 0 Å². The molecule has 158 valence electrons. The number of hydrogen-bond acceptors (Lipinski definition) is 5. The van der Waals surface area contributed by atoms with Gasteiger partial charge in [0.25, 0.3) is 12.3 Å². The molecule has 10 heteroatoms. The monoisotopic (exact) mass is 419 g/mol. The average molecular weight is 419 g/mol. The van der Waals surface area contributed by atoms with Crippen LogP contribution in [0, 0.1) is 17.1 Å². The minimum absolute atomic E-state index is 0.193. The van der Waals surface area contributed by atoms with Crippen LogP contribution in [0.25, 0.3) is 0 Å². The van der Waals surface area contributed by atoms with Crippen molar-refractivity contribution < 1.29 is 22.7 Å². The lowest BCUT2D eigenvalue weighted by atomic mass is 10.2. The van der Waals surface area contributed by atoms with Crippen LogP contribution in [0.15, 0.2) is 47.6 Å². The van der Waals surface area contributed by atoms with Crippen LogP contribution in [0.3, 0.4) is 0 Å². The van der Waals surface area contributed by atoms with E-state index < -0.39 is 18.4 Å². The van der Waals surface area contributed by atoms with E-state index in [1.54, 1.807) is 7.05 Å². The van der Waals surface area contributed by atoms with Gasteiger partial charge in [0.1, 0.15) is 30.0 Å². The van der Waals surface area contributed by atoms with Crippen molar-refractivity contribution in [1.29, 1.82) is 5.26 Å². The highest BCUT2D eigenvalue weighted by atomic mass is 19.3. The van der Waals surface area contributed by atoms with Crippen molar-refractivity contribution in [3.63, 3.8) is 0 Å². The summed E-state index contributed by atoms with van der Waals surface area (Å²) in [5.74, 6) is -0.284. The number of amidine groups is 1. The zero-order valence-electron chi connectivity index (χ0n) is 16.1. The van der Waals surface area contributed by atoms with Crippen LogP contribution in [-0.2, 0) is 4.74 Å². The van der Waals surface area contributed by atoms with E-state index in [1.165, 1.54) is 42.6 Å². The summed E-state index contributed by atoms with van der Waals surface area (Å²) >= 11 is 0. The van der Waals surface area contributed by atoms with E-state index in [4.69, 9.17) is 10.00 Å². The minimum atomic E-state index is -2.36. The Balaban J connectivity index is 0.000000232. The van der Waals surface area contributed by atoms with Gasteiger partial charge >= 0.3 is 0 Å². The fraction of sp³-hybridized carbons (Fsp3) is 0.300. The number of hydrogen-bond donors (Lipinski definition) is 2. The molecule has 1 aromatic carbocycles. The number of aliphatic imine (C=N–C) groups is 1. The van der Waals surface area contributed by atoms with Gasteiger partial charge < -0.3 is 15.4 Å². The Bertz CT molecular complexity index is 896. The quantitative estimate of drug-likeness (QED) is 0.797. The number of carbonyl (C=O) groups is 1. The highest BCUT2D eigenvalue weighted by Crippen LogP contribution is 2.10. The van der Waals surface area contributed by atoms with E-state index in [2.05, 4.69) is 20.6 Å². The predicted molar refractivity (Wildman–Crippen MR) is 105 cm³/mol. The summed E-state index contributed by atoms with van der Waals surface area (Å²) in [5.41, 5.74) is 1.05.